The number of carbonyl (C=O) groups excluding carboxylic acids is 1. The first-order valence-corrected chi connectivity index (χ1v) is 5.42. The van der Waals surface area contributed by atoms with Crippen molar-refractivity contribution in [3.8, 4) is 0 Å². The Morgan fingerprint density at radius 2 is 2.40 bits per heavy atom. The minimum absolute atomic E-state index is 0.182. The number of hydrogen-bond donors (Lipinski definition) is 2. The van der Waals surface area contributed by atoms with Gasteiger partial charge in [0, 0.05) is 4.90 Å². The average molecular weight is 222 g/mol. The van der Waals surface area contributed by atoms with E-state index in [0.717, 1.165) is 16.0 Å². The largest absolute Gasteiger partial charge is 0.294 e. The van der Waals surface area contributed by atoms with Gasteiger partial charge in [-0.3, -0.25) is 10.2 Å². The van der Waals surface area contributed by atoms with Crippen molar-refractivity contribution < 1.29 is 4.79 Å². The summed E-state index contributed by atoms with van der Waals surface area (Å²) in [5.41, 5.74) is 4.22. The topological polar surface area (TPSA) is 55.1 Å². The lowest BCUT2D eigenvalue weighted by atomic mass is 10.1. The number of aryl methyl sites for hydroxylation is 1. The molecule has 0 aromatic heterocycles. The highest BCUT2D eigenvalue weighted by molar-refractivity contribution is 8.02. The van der Waals surface area contributed by atoms with Crippen LogP contribution in [-0.2, 0) is 11.2 Å². The predicted octanol–water partition coefficient (Wildman–Crippen LogP) is 1.76. The van der Waals surface area contributed by atoms with Gasteiger partial charge in [0.1, 0.15) is 0 Å². The zero-order valence-electron chi connectivity index (χ0n) is 8.62. The van der Waals surface area contributed by atoms with Crippen LogP contribution in [0.5, 0.6) is 0 Å². The minimum Gasteiger partial charge on any atom is -0.294 e. The first kappa shape index (κ1) is 11.8. The average Bonchev–Trinajstić information content (AvgIpc) is 2.22. The summed E-state index contributed by atoms with van der Waals surface area (Å²) in [5.74, 6) is 4.84. The molecular formula is C11H14N2OS. The number of hydrogen-bond acceptors (Lipinski definition) is 3. The van der Waals surface area contributed by atoms with Gasteiger partial charge in [-0.1, -0.05) is 30.5 Å². The van der Waals surface area contributed by atoms with Crippen molar-refractivity contribution >= 4 is 17.7 Å². The molecule has 0 saturated heterocycles. The summed E-state index contributed by atoms with van der Waals surface area (Å²) in [6, 6.07) is 5.90. The lowest BCUT2D eigenvalue weighted by Gasteiger charge is -2.05. The van der Waals surface area contributed by atoms with Crippen molar-refractivity contribution in [1.82, 2.24) is 5.43 Å². The quantitative estimate of drug-likeness (QED) is 0.353. The smallest absolute Gasteiger partial charge is 0.238 e. The first-order chi connectivity index (χ1) is 7.17. The van der Waals surface area contributed by atoms with Crippen LogP contribution in [0.25, 0.3) is 0 Å². The summed E-state index contributed by atoms with van der Waals surface area (Å²) in [7, 11) is 0. The van der Waals surface area contributed by atoms with Crippen LogP contribution in [-0.4, -0.2) is 5.91 Å². The fraction of sp³-hybridized carbons (Fsp3) is 0.182. The van der Waals surface area contributed by atoms with Gasteiger partial charge in [-0.15, -0.1) is 0 Å². The van der Waals surface area contributed by atoms with Crippen LogP contribution in [0.4, 0.5) is 0 Å². The predicted molar refractivity (Wildman–Crippen MR) is 63.3 cm³/mol. The molecule has 3 N–H and O–H groups in total. The van der Waals surface area contributed by atoms with Crippen LogP contribution in [0.2, 0.25) is 0 Å². The zero-order valence-corrected chi connectivity index (χ0v) is 9.43. The molecule has 0 aliphatic heterocycles. The molecule has 0 radical (unpaired) electrons. The summed E-state index contributed by atoms with van der Waals surface area (Å²) in [6.07, 6.45) is 0.316. The van der Waals surface area contributed by atoms with E-state index in [9.17, 15) is 4.79 Å². The molecule has 0 spiro atoms. The summed E-state index contributed by atoms with van der Waals surface area (Å²) >= 11 is 1.57. The van der Waals surface area contributed by atoms with Crippen molar-refractivity contribution in [2.45, 2.75) is 18.2 Å². The fourth-order valence-electron chi connectivity index (χ4n) is 1.28. The maximum atomic E-state index is 11.0. The molecule has 80 valence electrons. The van der Waals surface area contributed by atoms with Crippen LogP contribution >= 0.6 is 11.8 Å². The van der Waals surface area contributed by atoms with Gasteiger partial charge in [-0.2, -0.15) is 0 Å². The van der Waals surface area contributed by atoms with Crippen molar-refractivity contribution in [1.29, 1.82) is 0 Å². The second kappa shape index (κ2) is 5.58. The number of thioether (sulfide) groups is 1. The van der Waals surface area contributed by atoms with Crippen molar-refractivity contribution in [3.05, 3.63) is 41.3 Å². The number of nitrogens with two attached hydrogens (primary N) is 1. The van der Waals surface area contributed by atoms with Crippen LogP contribution in [0.15, 0.2) is 35.1 Å². The lowest BCUT2D eigenvalue weighted by molar-refractivity contribution is -0.120. The van der Waals surface area contributed by atoms with Crippen LogP contribution in [0.3, 0.4) is 0 Å². The molecule has 15 heavy (non-hydrogen) atoms. The second-order valence-electron chi connectivity index (χ2n) is 3.13. The zero-order chi connectivity index (χ0) is 11.3. The molecule has 0 fully saturated rings. The Bertz CT molecular complexity index is 377. The van der Waals surface area contributed by atoms with E-state index in [1.165, 1.54) is 0 Å². The molecule has 0 aliphatic carbocycles. The third-order valence-corrected chi connectivity index (χ3v) is 2.85. The molecule has 0 aliphatic rings. The van der Waals surface area contributed by atoms with Gasteiger partial charge in [0.2, 0.25) is 5.91 Å². The molecule has 0 unspecified atom stereocenters. The van der Waals surface area contributed by atoms with E-state index in [-0.39, 0.29) is 5.91 Å². The fourth-order valence-corrected chi connectivity index (χ4v) is 1.85. The molecule has 0 heterocycles. The monoisotopic (exact) mass is 222 g/mol. The standard InChI is InChI=1S/C11H14N2OS/c1-3-15-10-5-4-9(6-8(10)2)7-11(14)13-12/h3-6H,1,7,12H2,2H3,(H,13,14). The van der Waals surface area contributed by atoms with Gasteiger partial charge in [0.15, 0.2) is 0 Å². The van der Waals surface area contributed by atoms with E-state index in [1.807, 2.05) is 25.1 Å². The number of rotatable bonds is 4. The van der Waals surface area contributed by atoms with Crippen molar-refractivity contribution in [2.24, 2.45) is 5.84 Å². The van der Waals surface area contributed by atoms with Gasteiger partial charge in [-0.25, -0.2) is 5.84 Å². The molecule has 1 aromatic rings. The van der Waals surface area contributed by atoms with Crippen molar-refractivity contribution in [3.63, 3.8) is 0 Å². The number of hydrazine groups is 1. The SMILES string of the molecule is C=CSc1ccc(CC(=O)NN)cc1C. The van der Waals surface area contributed by atoms with E-state index in [4.69, 9.17) is 5.84 Å². The number of carbonyl (C=O) groups is 1. The van der Waals surface area contributed by atoms with Gasteiger partial charge < -0.3 is 0 Å². The highest BCUT2D eigenvalue weighted by atomic mass is 32.2. The third kappa shape index (κ3) is 3.42. The minimum atomic E-state index is -0.182. The van der Waals surface area contributed by atoms with Crippen LogP contribution in [0.1, 0.15) is 11.1 Å². The lowest BCUT2D eigenvalue weighted by Crippen LogP contribution is -2.31. The van der Waals surface area contributed by atoms with E-state index < -0.39 is 0 Å². The molecule has 4 heteroatoms. The Labute approximate surface area is 93.7 Å². The van der Waals surface area contributed by atoms with E-state index >= 15 is 0 Å². The summed E-state index contributed by atoms with van der Waals surface area (Å²) in [5, 5.41) is 1.79. The molecular weight excluding hydrogens is 208 g/mol. The molecule has 0 saturated carbocycles. The number of benzene rings is 1. The van der Waals surface area contributed by atoms with E-state index in [2.05, 4.69) is 12.0 Å². The summed E-state index contributed by atoms with van der Waals surface area (Å²) in [6.45, 7) is 5.67. The highest BCUT2D eigenvalue weighted by Crippen LogP contribution is 2.23. The van der Waals surface area contributed by atoms with Gasteiger partial charge in [0.05, 0.1) is 6.42 Å². The van der Waals surface area contributed by atoms with Crippen LogP contribution in [0, 0.1) is 6.92 Å². The molecule has 1 rings (SSSR count). The second-order valence-corrected chi connectivity index (χ2v) is 4.14. The molecule has 1 aromatic carbocycles. The Kier molecular flexibility index (Phi) is 4.39. The Hall–Kier alpha value is -1.26. The van der Waals surface area contributed by atoms with Crippen molar-refractivity contribution in [2.75, 3.05) is 0 Å². The molecule has 1 amide bonds. The normalized spacial score (nSPS) is 9.73. The van der Waals surface area contributed by atoms with E-state index in [1.54, 1.807) is 17.2 Å². The number of nitrogens with one attached hydrogen (secondary N) is 1. The molecule has 0 bridgehead atoms. The maximum Gasteiger partial charge on any atom is 0.238 e. The van der Waals surface area contributed by atoms with Gasteiger partial charge >= 0.3 is 0 Å². The van der Waals surface area contributed by atoms with Gasteiger partial charge in [0.25, 0.3) is 0 Å². The van der Waals surface area contributed by atoms with E-state index in [0.29, 0.717) is 6.42 Å². The Balaban J connectivity index is 2.81. The summed E-state index contributed by atoms with van der Waals surface area (Å²) < 4.78 is 0. The highest BCUT2D eigenvalue weighted by Gasteiger charge is 2.03. The third-order valence-electron chi connectivity index (χ3n) is 1.98. The Morgan fingerprint density at radius 1 is 1.67 bits per heavy atom. The van der Waals surface area contributed by atoms with Gasteiger partial charge in [-0.05, 0) is 29.5 Å². The maximum absolute atomic E-state index is 11.0. The number of amides is 1. The molecule has 0 atom stereocenters. The molecule has 3 nitrogen and oxygen atoms in total. The summed E-state index contributed by atoms with van der Waals surface area (Å²) in [4.78, 5) is 12.2. The van der Waals surface area contributed by atoms with Crippen LogP contribution < -0.4 is 11.3 Å². The first-order valence-electron chi connectivity index (χ1n) is 4.54. The Morgan fingerprint density at radius 3 is 2.93 bits per heavy atom.